The summed E-state index contributed by atoms with van der Waals surface area (Å²) in [6.07, 6.45) is 4.32. The Morgan fingerprint density at radius 1 is 0.892 bits per heavy atom. The van der Waals surface area contributed by atoms with E-state index in [2.05, 4.69) is 5.32 Å². The lowest BCUT2D eigenvalue weighted by molar-refractivity contribution is -0.132. The van der Waals surface area contributed by atoms with Crippen LogP contribution in [0.2, 0.25) is 0 Å². The van der Waals surface area contributed by atoms with Gasteiger partial charge in [-0.25, -0.2) is 0 Å². The van der Waals surface area contributed by atoms with E-state index in [1.807, 2.05) is 29.6 Å². The Morgan fingerprint density at radius 2 is 1.68 bits per heavy atom. The number of carbonyl (C=O) groups is 2. The van der Waals surface area contributed by atoms with Gasteiger partial charge in [0.05, 0.1) is 0 Å². The Hall–Kier alpha value is -3.72. The Bertz CT molecular complexity index is 1270. The number of amides is 2. The summed E-state index contributed by atoms with van der Waals surface area (Å²) in [4.78, 5) is 30.4. The monoisotopic (exact) mass is 520 g/mol. The molecular formula is C28H28N2O6S. The molecule has 6 rings (SSSR count). The van der Waals surface area contributed by atoms with Gasteiger partial charge in [0.2, 0.25) is 18.8 Å². The van der Waals surface area contributed by atoms with Crippen LogP contribution < -0.4 is 29.2 Å². The quantitative estimate of drug-likeness (QED) is 0.501. The summed E-state index contributed by atoms with van der Waals surface area (Å²) >= 11 is 1.44. The maximum atomic E-state index is 14.2. The first-order chi connectivity index (χ1) is 18.2. The van der Waals surface area contributed by atoms with Gasteiger partial charge in [0, 0.05) is 22.7 Å². The van der Waals surface area contributed by atoms with Crippen LogP contribution in [0, 0.1) is 0 Å². The van der Waals surface area contributed by atoms with E-state index in [1.165, 1.54) is 22.7 Å². The van der Waals surface area contributed by atoms with E-state index >= 15 is 0 Å². The molecule has 37 heavy (non-hydrogen) atoms. The molecule has 0 unspecified atom stereocenters. The smallest absolute Gasteiger partial charge is 0.272 e. The Kier molecular flexibility index (Phi) is 6.61. The number of rotatable bonds is 6. The third-order valence-electron chi connectivity index (χ3n) is 6.93. The number of carbonyl (C=O) groups excluding carboxylic acids is 2. The van der Waals surface area contributed by atoms with Crippen molar-refractivity contribution in [1.29, 1.82) is 0 Å². The maximum Gasteiger partial charge on any atom is 0.272 e. The van der Waals surface area contributed by atoms with Gasteiger partial charge in [0.15, 0.2) is 23.0 Å². The normalized spacial score (nSPS) is 19.2. The Labute approximate surface area is 219 Å². The molecule has 2 atom stereocenters. The van der Waals surface area contributed by atoms with Crippen molar-refractivity contribution < 1.29 is 28.5 Å². The predicted octanol–water partition coefficient (Wildman–Crippen LogP) is 4.84. The van der Waals surface area contributed by atoms with Crippen molar-refractivity contribution in [2.24, 2.45) is 0 Å². The van der Waals surface area contributed by atoms with Crippen LogP contribution >= 0.6 is 11.3 Å². The fourth-order valence-electron chi connectivity index (χ4n) is 5.08. The van der Waals surface area contributed by atoms with E-state index in [9.17, 15) is 9.59 Å². The lowest BCUT2D eigenvalue weighted by Crippen LogP contribution is -2.52. The molecule has 0 spiro atoms. The zero-order valence-electron chi connectivity index (χ0n) is 20.3. The molecule has 1 fully saturated rings. The van der Waals surface area contributed by atoms with Crippen molar-refractivity contribution in [2.45, 2.75) is 50.3 Å². The molecule has 3 aliphatic rings. The second-order valence-electron chi connectivity index (χ2n) is 9.37. The third kappa shape index (κ3) is 4.83. The molecule has 0 saturated heterocycles. The molecule has 9 heteroatoms. The summed E-state index contributed by atoms with van der Waals surface area (Å²) in [5.41, 5.74) is 0.522. The number of benzene rings is 2. The number of hydrogen-bond acceptors (Lipinski definition) is 7. The van der Waals surface area contributed by atoms with Crippen LogP contribution in [0.1, 0.15) is 43.0 Å². The number of thiophene rings is 1. The fraction of sp³-hybridized carbons (Fsp3) is 0.357. The highest BCUT2D eigenvalue weighted by Crippen LogP contribution is 2.40. The van der Waals surface area contributed by atoms with Crippen molar-refractivity contribution in [3.05, 3.63) is 64.9 Å². The lowest BCUT2D eigenvalue weighted by Gasteiger charge is -2.35. The number of anilines is 1. The van der Waals surface area contributed by atoms with Crippen LogP contribution in [-0.4, -0.2) is 37.4 Å². The molecule has 3 heterocycles. The number of nitrogens with one attached hydrogen (secondary N) is 1. The maximum absolute atomic E-state index is 14.2. The van der Waals surface area contributed by atoms with E-state index in [0.717, 1.165) is 30.6 Å². The highest BCUT2D eigenvalue weighted by atomic mass is 32.1. The van der Waals surface area contributed by atoms with Gasteiger partial charge in [-0.3, -0.25) is 14.5 Å². The number of hydrogen-bond donors (Lipinski definition) is 1. The molecule has 2 aromatic carbocycles. The van der Waals surface area contributed by atoms with Crippen molar-refractivity contribution in [2.75, 3.05) is 18.3 Å². The zero-order chi connectivity index (χ0) is 25.2. The molecule has 192 valence electrons. The second kappa shape index (κ2) is 10.3. The minimum atomic E-state index is -0.926. The fourth-order valence-corrected chi connectivity index (χ4v) is 5.90. The molecular weight excluding hydrogens is 492 g/mol. The largest absolute Gasteiger partial charge is 0.485 e. The molecule has 1 aliphatic carbocycles. The number of nitrogens with zero attached hydrogens (tertiary/aromatic N) is 1. The van der Waals surface area contributed by atoms with Crippen molar-refractivity contribution in [3.8, 4) is 23.0 Å². The minimum absolute atomic E-state index is 0.0400. The van der Waals surface area contributed by atoms with Gasteiger partial charge >= 0.3 is 0 Å². The first-order valence-corrected chi connectivity index (χ1v) is 13.5. The molecule has 0 bridgehead atoms. The third-order valence-corrected chi connectivity index (χ3v) is 7.85. The Balaban J connectivity index is 1.38. The molecule has 1 aromatic heterocycles. The summed E-state index contributed by atoms with van der Waals surface area (Å²) in [7, 11) is 0. The number of ether oxygens (including phenoxy) is 4. The summed E-state index contributed by atoms with van der Waals surface area (Å²) in [5.74, 6) is 1.63. The van der Waals surface area contributed by atoms with Crippen LogP contribution in [-0.2, 0) is 9.59 Å². The molecule has 2 aliphatic heterocycles. The van der Waals surface area contributed by atoms with Gasteiger partial charge in [-0.15, -0.1) is 11.3 Å². The first-order valence-electron chi connectivity index (χ1n) is 12.6. The standard InChI is InChI=1S/C28H28N2O6S/c31-27(29-18-7-2-1-3-8-18)26(25-11-6-14-37-25)30(19-12-13-21-23(15-19)35-17-34-21)28(32)24-16-33-20-9-4-5-10-22(20)36-24/h4-6,9-15,18,24,26H,1-3,7-8,16-17H2,(H,29,31)/t24-,26-/m0/s1. The van der Waals surface area contributed by atoms with Crippen LogP contribution in [0.3, 0.4) is 0 Å². The van der Waals surface area contributed by atoms with E-state index in [1.54, 1.807) is 30.3 Å². The summed E-state index contributed by atoms with van der Waals surface area (Å²) in [6.45, 7) is 0.151. The van der Waals surface area contributed by atoms with Crippen LogP contribution in [0.5, 0.6) is 23.0 Å². The van der Waals surface area contributed by atoms with Gasteiger partial charge in [-0.2, -0.15) is 0 Å². The molecule has 8 nitrogen and oxygen atoms in total. The van der Waals surface area contributed by atoms with Crippen LogP contribution in [0.4, 0.5) is 5.69 Å². The van der Waals surface area contributed by atoms with Crippen molar-refractivity contribution in [3.63, 3.8) is 0 Å². The lowest BCUT2D eigenvalue weighted by atomic mass is 9.95. The highest BCUT2D eigenvalue weighted by molar-refractivity contribution is 7.10. The average molecular weight is 521 g/mol. The van der Waals surface area contributed by atoms with E-state index < -0.39 is 12.1 Å². The first kappa shape index (κ1) is 23.7. The van der Waals surface area contributed by atoms with Crippen LogP contribution in [0.15, 0.2) is 60.0 Å². The van der Waals surface area contributed by atoms with Gasteiger partial charge in [-0.1, -0.05) is 37.5 Å². The predicted molar refractivity (Wildman–Crippen MR) is 138 cm³/mol. The van der Waals surface area contributed by atoms with Gasteiger partial charge in [0.25, 0.3) is 5.91 Å². The minimum Gasteiger partial charge on any atom is -0.485 e. The average Bonchev–Trinajstić information content (AvgIpc) is 3.63. The highest BCUT2D eigenvalue weighted by Gasteiger charge is 2.40. The summed E-state index contributed by atoms with van der Waals surface area (Å²) in [6, 6.07) is 15.5. The second-order valence-corrected chi connectivity index (χ2v) is 10.4. The van der Waals surface area contributed by atoms with E-state index in [4.69, 9.17) is 18.9 Å². The SMILES string of the molecule is O=C(NC1CCCCC1)[C@H](c1cccs1)N(C(=O)[C@@H]1COc2ccccc2O1)c1ccc2c(c1)OCO2. The zero-order valence-corrected chi connectivity index (χ0v) is 21.1. The summed E-state index contributed by atoms with van der Waals surface area (Å²) in [5, 5.41) is 5.14. The van der Waals surface area contributed by atoms with Crippen molar-refractivity contribution in [1.82, 2.24) is 5.32 Å². The van der Waals surface area contributed by atoms with Gasteiger partial charge in [0.1, 0.15) is 12.6 Å². The van der Waals surface area contributed by atoms with Crippen LogP contribution in [0.25, 0.3) is 0 Å². The van der Waals surface area contributed by atoms with Gasteiger partial charge < -0.3 is 24.3 Å². The molecule has 3 aromatic rings. The summed E-state index contributed by atoms with van der Waals surface area (Å²) < 4.78 is 23.0. The topological polar surface area (TPSA) is 86.3 Å². The molecule has 0 radical (unpaired) electrons. The molecule has 1 saturated carbocycles. The molecule has 2 amide bonds. The van der Waals surface area contributed by atoms with E-state index in [-0.39, 0.29) is 31.3 Å². The number of para-hydroxylation sites is 2. The number of fused-ring (bicyclic) bond motifs is 2. The van der Waals surface area contributed by atoms with E-state index in [0.29, 0.717) is 28.7 Å². The van der Waals surface area contributed by atoms with Crippen molar-refractivity contribution >= 4 is 28.8 Å². The Morgan fingerprint density at radius 3 is 2.49 bits per heavy atom. The molecule has 1 N–H and O–H groups in total. The van der Waals surface area contributed by atoms with Gasteiger partial charge in [-0.05, 0) is 48.6 Å².